The predicted octanol–water partition coefficient (Wildman–Crippen LogP) is 3.69. The summed E-state index contributed by atoms with van der Waals surface area (Å²) in [6.45, 7) is 2.09. The van der Waals surface area contributed by atoms with E-state index in [0.29, 0.717) is 28.3 Å². The van der Waals surface area contributed by atoms with E-state index < -0.39 is 6.10 Å². The number of aromatic nitrogens is 3. The molecular formula is C21H19FN4O2. The van der Waals surface area contributed by atoms with Gasteiger partial charge in [-0.15, -0.1) is 0 Å². The minimum Gasteiger partial charge on any atom is -0.508 e. The number of hydrogen-bond acceptors (Lipinski definition) is 5. The first-order valence-corrected chi connectivity index (χ1v) is 8.84. The Morgan fingerprint density at radius 2 is 1.93 bits per heavy atom. The van der Waals surface area contributed by atoms with Crippen LogP contribution in [0.3, 0.4) is 0 Å². The molecule has 0 aliphatic heterocycles. The maximum atomic E-state index is 13.5. The standard InChI is InChI=1S/C21H19FN4O2/c1-13-8-20(23-12-19(28)15-5-3-7-17(27)10-15)26-21(24-13)11-18(25-26)14-4-2-6-16(22)9-14/h2-11,19,23,27-28H,12H2,1H3/t19-/m1/s1. The fraction of sp³-hybridized carbons (Fsp3) is 0.143. The van der Waals surface area contributed by atoms with Gasteiger partial charge in [0, 0.05) is 29.9 Å². The van der Waals surface area contributed by atoms with Crippen molar-refractivity contribution in [3.8, 4) is 17.0 Å². The summed E-state index contributed by atoms with van der Waals surface area (Å²) in [7, 11) is 0. The molecule has 4 aromatic rings. The lowest BCUT2D eigenvalue weighted by molar-refractivity contribution is 0.191. The second-order valence-corrected chi connectivity index (χ2v) is 6.58. The molecule has 1 atom stereocenters. The maximum Gasteiger partial charge on any atom is 0.158 e. The van der Waals surface area contributed by atoms with E-state index >= 15 is 0 Å². The Hall–Kier alpha value is -3.45. The minimum absolute atomic E-state index is 0.102. The lowest BCUT2D eigenvalue weighted by Gasteiger charge is -2.14. The van der Waals surface area contributed by atoms with Crippen molar-refractivity contribution in [3.63, 3.8) is 0 Å². The van der Waals surface area contributed by atoms with Crippen molar-refractivity contribution in [3.05, 3.63) is 77.7 Å². The first-order chi connectivity index (χ1) is 13.5. The van der Waals surface area contributed by atoms with Crippen LogP contribution in [0.2, 0.25) is 0 Å². The highest BCUT2D eigenvalue weighted by atomic mass is 19.1. The first-order valence-electron chi connectivity index (χ1n) is 8.84. The molecule has 3 N–H and O–H groups in total. The smallest absolute Gasteiger partial charge is 0.158 e. The van der Waals surface area contributed by atoms with Crippen LogP contribution in [0.25, 0.3) is 16.9 Å². The average molecular weight is 378 g/mol. The van der Waals surface area contributed by atoms with Gasteiger partial charge in [-0.05, 0) is 36.8 Å². The van der Waals surface area contributed by atoms with Crippen molar-refractivity contribution in [2.24, 2.45) is 0 Å². The molecule has 28 heavy (non-hydrogen) atoms. The topological polar surface area (TPSA) is 82.7 Å². The van der Waals surface area contributed by atoms with Crippen molar-refractivity contribution in [2.45, 2.75) is 13.0 Å². The van der Waals surface area contributed by atoms with E-state index in [9.17, 15) is 14.6 Å². The molecule has 6 nitrogen and oxygen atoms in total. The molecule has 7 heteroatoms. The summed E-state index contributed by atoms with van der Waals surface area (Å²) >= 11 is 0. The summed E-state index contributed by atoms with van der Waals surface area (Å²) in [6.07, 6.45) is -0.811. The van der Waals surface area contributed by atoms with Crippen LogP contribution in [0.15, 0.2) is 60.7 Å². The minimum atomic E-state index is -0.811. The van der Waals surface area contributed by atoms with Gasteiger partial charge in [-0.2, -0.15) is 9.61 Å². The Morgan fingerprint density at radius 1 is 1.11 bits per heavy atom. The van der Waals surface area contributed by atoms with Gasteiger partial charge in [-0.1, -0.05) is 24.3 Å². The van der Waals surface area contributed by atoms with Crippen LogP contribution in [0.1, 0.15) is 17.4 Å². The second-order valence-electron chi connectivity index (χ2n) is 6.58. The number of phenolic OH excluding ortho intramolecular Hbond substituents is 1. The lowest BCUT2D eigenvalue weighted by atomic mass is 10.1. The van der Waals surface area contributed by atoms with Gasteiger partial charge < -0.3 is 15.5 Å². The lowest BCUT2D eigenvalue weighted by Crippen LogP contribution is -2.15. The SMILES string of the molecule is Cc1cc(NC[C@@H](O)c2cccc(O)c2)n2nc(-c3cccc(F)c3)cc2n1. The summed E-state index contributed by atoms with van der Waals surface area (Å²) in [5.74, 6) is 0.432. The van der Waals surface area contributed by atoms with E-state index in [-0.39, 0.29) is 18.1 Å². The summed E-state index contributed by atoms with van der Waals surface area (Å²) in [4.78, 5) is 4.47. The highest BCUT2D eigenvalue weighted by Gasteiger charge is 2.13. The summed E-state index contributed by atoms with van der Waals surface area (Å²) in [5, 5.41) is 27.7. The largest absolute Gasteiger partial charge is 0.508 e. The number of fused-ring (bicyclic) bond motifs is 1. The molecule has 0 bridgehead atoms. The Morgan fingerprint density at radius 3 is 2.71 bits per heavy atom. The molecule has 4 rings (SSSR count). The summed E-state index contributed by atoms with van der Waals surface area (Å²) in [5.41, 5.74) is 3.28. The van der Waals surface area contributed by atoms with Crippen molar-refractivity contribution >= 4 is 11.5 Å². The van der Waals surface area contributed by atoms with Gasteiger partial charge in [-0.3, -0.25) is 0 Å². The van der Waals surface area contributed by atoms with Crippen LogP contribution in [-0.4, -0.2) is 31.4 Å². The third kappa shape index (κ3) is 3.65. The molecule has 0 aliphatic carbocycles. The highest BCUT2D eigenvalue weighted by Crippen LogP contribution is 2.23. The molecule has 2 aromatic carbocycles. The van der Waals surface area contributed by atoms with Gasteiger partial charge in [0.05, 0.1) is 11.8 Å². The number of nitrogens with zero attached hydrogens (tertiary/aromatic N) is 3. The number of aromatic hydroxyl groups is 1. The third-order valence-electron chi connectivity index (χ3n) is 4.41. The number of anilines is 1. The van der Waals surface area contributed by atoms with Gasteiger partial charge in [0.25, 0.3) is 0 Å². The van der Waals surface area contributed by atoms with Crippen LogP contribution in [0.5, 0.6) is 5.75 Å². The van der Waals surface area contributed by atoms with Crippen molar-refractivity contribution < 1.29 is 14.6 Å². The third-order valence-corrected chi connectivity index (χ3v) is 4.41. The van der Waals surface area contributed by atoms with Gasteiger partial charge in [-0.25, -0.2) is 9.37 Å². The molecule has 0 unspecified atom stereocenters. The number of phenols is 1. The van der Waals surface area contributed by atoms with Gasteiger partial charge in [0.1, 0.15) is 17.4 Å². The Balaban J connectivity index is 1.63. The Kier molecular flexibility index (Phi) is 4.67. The average Bonchev–Trinajstić information content (AvgIpc) is 3.10. The zero-order chi connectivity index (χ0) is 19.7. The molecular weight excluding hydrogens is 359 g/mol. The van der Waals surface area contributed by atoms with Crippen LogP contribution >= 0.6 is 0 Å². The van der Waals surface area contributed by atoms with E-state index in [2.05, 4.69) is 15.4 Å². The van der Waals surface area contributed by atoms with Crippen LogP contribution in [0.4, 0.5) is 10.2 Å². The van der Waals surface area contributed by atoms with Gasteiger partial charge >= 0.3 is 0 Å². The fourth-order valence-electron chi connectivity index (χ4n) is 3.07. The summed E-state index contributed by atoms with van der Waals surface area (Å²) in [6, 6.07) is 16.4. The normalized spacial score (nSPS) is 12.2. The Labute approximate surface area is 160 Å². The zero-order valence-corrected chi connectivity index (χ0v) is 15.2. The van der Waals surface area contributed by atoms with Crippen molar-refractivity contribution in [2.75, 3.05) is 11.9 Å². The number of benzene rings is 2. The molecule has 0 saturated heterocycles. The Bertz CT molecular complexity index is 1140. The summed E-state index contributed by atoms with van der Waals surface area (Å²) < 4.78 is 15.2. The second kappa shape index (κ2) is 7.28. The molecule has 0 fully saturated rings. The number of rotatable bonds is 5. The van der Waals surface area contributed by atoms with Gasteiger partial charge in [0.15, 0.2) is 5.65 Å². The number of halogens is 1. The first kappa shape index (κ1) is 17.9. The number of nitrogens with one attached hydrogen (secondary N) is 1. The fourth-order valence-corrected chi connectivity index (χ4v) is 3.07. The molecule has 2 aromatic heterocycles. The molecule has 0 saturated carbocycles. The number of aliphatic hydroxyl groups excluding tert-OH is 1. The predicted molar refractivity (Wildman–Crippen MR) is 105 cm³/mol. The number of hydrogen-bond donors (Lipinski definition) is 3. The van der Waals surface area contributed by atoms with Crippen molar-refractivity contribution in [1.29, 1.82) is 0 Å². The quantitative estimate of drug-likeness (QED) is 0.493. The molecule has 0 aliphatic rings. The van der Waals surface area contributed by atoms with Crippen LogP contribution < -0.4 is 5.32 Å². The number of aliphatic hydroxyl groups is 1. The molecule has 0 radical (unpaired) electrons. The van der Waals surface area contributed by atoms with E-state index in [1.807, 2.05) is 13.0 Å². The van der Waals surface area contributed by atoms with E-state index in [1.165, 1.54) is 18.2 Å². The van der Waals surface area contributed by atoms with Crippen molar-refractivity contribution in [1.82, 2.24) is 14.6 Å². The van der Waals surface area contributed by atoms with Crippen LogP contribution in [-0.2, 0) is 0 Å². The van der Waals surface area contributed by atoms with Gasteiger partial charge in [0.2, 0.25) is 0 Å². The molecule has 142 valence electrons. The molecule has 0 spiro atoms. The van der Waals surface area contributed by atoms with E-state index in [0.717, 1.165) is 5.69 Å². The maximum absolute atomic E-state index is 13.5. The highest BCUT2D eigenvalue weighted by molar-refractivity contribution is 5.65. The zero-order valence-electron chi connectivity index (χ0n) is 15.2. The van der Waals surface area contributed by atoms with E-state index in [4.69, 9.17) is 0 Å². The molecule has 2 heterocycles. The van der Waals surface area contributed by atoms with Crippen LogP contribution in [0, 0.1) is 12.7 Å². The molecule has 0 amide bonds. The van der Waals surface area contributed by atoms with E-state index in [1.54, 1.807) is 40.9 Å². The monoisotopic (exact) mass is 378 g/mol. The number of aryl methyl sites for hydroxylation is 1.